The summed E-state index contributed by atoms with van der Waals surface area (Å²) in [7, 11) is 0. The van der Waals surface area contributed by atoms with E-state index in [-0.39, 0.29) is 30.2 Å². The monoisotopic (exact) mass is 359 g/mol. The highest BCUT2D eigenvalue weighted by atomic mass is 19.1. The van der Waals surface area contributed by atoms with Crippen molar-refractivity contribution in [3.63, 3.8) is 0 Å². The van der Waals surface area contributed by atoms with E-state index in [1.165, 1.54) is 6.07 Å². The van der Waals surface area contributed by atoms with Gasteiger partial charge in [-0.3, -0.25) is 9.69 Å². The standard InChI is InChI=1S/C18H19F2N5O/c1-11-4-17(22-10-21-11)24-7-13-6-14(8-24)25(13)9-18(26)23-16-3-2-12(19)5-15(16)20/h2-5,10,13-14H,6-9H2,1H3,(H,23,26). The van der Waals surface area contributed by atoms with Crippen LogP contribution >= 0.6 is 0 Å². The predicted molar refractivity (Wildman–Crippen MR) is 92.9 cm³/mol. The fourth-order valence-electron chi connectivity index (χ4n) is 3.69. The second kappa shape index (κ2) is 6.60. The number of aryl methyl sites for hydroxylation is 1. The zero-order valence-electron chi connectivity index (χ0n) is 14.3. The second-order valence-electron chi connectivity index (χ2n) is 6.81. The summed E-state index contributed by atoms with van der Waals surface area (Å²) in [5.41, 5.74) is 0.923. The molecular formula is C18H19F2N5O. The van der Waals surface area contributed by atoms with Crippen LogP contribution in [0.15, 0.2) is 30.6 Å². The molecule has 0 aliphatic carbocycles. The predicted octanol–water partition coefficient (Wildman–Crippen LogP) is 1.96. The third kappa shape index (κ3) is 3.24. The van der Waals surface area contributed by atoms with Crippen molar-refractivity contribution in [1.29, 1.82) is 0 Å². The Morgan fingerprint density at radius 2 is 2.00 bits per heavy atom. The third-order valence-corrected chi connectivity index (χ3v) is 4.99. The summed E-state index contributed by atoms with van der Waals surface area (Å²) in [6.07, 6.45) is 2.60. The first-order valence-electron chi connectivity index (χ1n) is 8.54. The van der Waals surface area contributed by atoms with Crippen LogP contribution in [-0.2, 0) is 4.79 Å². The van der Waals surface area contributed by atoms with Gasteiger partial charge >= 0.3 is 0 Å². The fourth-order valence-corrected chi connectivity index (χ4v) is 3.69. The number of nitrogens with one attached hydrogen (secondary N) is 1. The van der Waals surface area contributed by atoms with Crippen LogP contribution < -0.4 is 10.2 Å². The Morgan fingerprint density at radius 3 is 2.69 bits per heavy atom. The molecule has 3 aliphatic heterocycles. The first-order valence-corrected chi connectivity index (χ1v) is 8.54. The highest BCUT2D eigenvalue weighted by Gasteiger charge is 2.45. The molecule has 0 saturated carbocycles. The second-order valence-corrected chi connectivity index (χ2v) is 6.81. The Labute approximate surface area is 149 Å². The van der Waals surface area contributed by atoms with Crippen LogP contribution in [-0.4, -0.2) is 52.5 Å². The Kier molecular flexibility index (Phi) is 4.28. The molecule has 0 radical (unpaired) electrons. The van der Waals surface area contributed by atoms with Crippen molar-refractivity contribution < 1.29 is 13.6 Å². The van der Waals surface area contributed by atoms with Crippen LogP contribution in [0.1, 0.15) is 12.1 Å². The lowest BCUT2D eigenvalue weighted by molar-refractivity contribution is -0.121. The Morgan fingerprint density at radius 1 is 1.23 bits per heavy atom. The van der Waals surface area contributed by atoms with Crippen molar-refractivity contribution in [2.24, 2.45) is 0 Å². The molecule has 3 saturated heterocycles. The molecular weight excluding hydrogens is 340 g/mol. The van der Waals surface area contributed by atoms with Crippen molar-refractivity contribution in [2.45, 2.75) is 25.4 Å². The van der Waals surface area contributed by atoms with Gasteiger partial charge < -0.3 is 10.2 Å². The molecule has 2 bridgehead atoms. The van der Waals surface area contributed by atoms with Crippen molar-refractivity contribution in [1.82, 2.24) is 14.9 Å². The maximum Gasteiger partial charge on any atom is 0.238 e. The van der Waals surface area contributed by atoms with Gasteiger partial charge in [-0.15, -0.1) is 0 Å². The average molecular weight is 359 g/mol. The number of hydrogen-bond acceptors (Lipinski definition) is 5. The van der Waals surface area contributed by atoms with E-state index in [1.807, 2.05) is 13.0 Å². The van der Waals surface area contributed by atoms with Gasteiger partial charge in [0.1, 0.15) is 23.8 Å². The van der Waals surface area contributed by atoms with Gasteiger partial charge in [0.25, 0.3) is 0 Å². The van der Waals surface area contributed by atoms with E-state index in [0.717, 1.165) is 43.2 Å². The van der Waals surface area contributed by atoms with Crippen LogP contribution in [0, 0.1) is 18.6 Å². The molecule has 1 aromatic heterocycles. The number of hydrogen-bond donors (Lipinski definition) is 1. The maximum atomic E-state index is 13.7. The number of halogens is 2. The molecule has 3 fully saturated rings. The molecule has 4 heterocycles. The quantitative estimate of drug-likeness (QED) is 0.904. The summed E-state index contributed by atoms with van der Waals surface area (Å²) in [5.74, 6) is -0.827. The topological polar surface area (TPSA) is 61.4 Å². The highest BCUT2D eigenvalue weighted by Crippen LogP contribution is 2.33. The summed E-state index contributed by atoms with van der Waals surface area (Å²) >= 11 is 0. The molecule has 8 heteroatoms. The molecule has 5 rings (SSSR count). The minimum atomic E-state index is -0.771. The smallest absolute Gasteiger partial charge is 0.238 e. The zero-order valence-corrected chi connectivity index (χ0v) is 14.3. The molecule has 6 nitrogen and oxygen atoms in total. The van der Waals surface area contributed by atoms with Gasteiger partial charge in [0, 0.05) is 43.0 Å². The molecule has 136 valence electrons. The van der Waals surface area contributed by atoms with E-state index in [4.69, 9.17) is 0 Å². The number of benzene rings is 1. The van der Waals surface area contributed by atoms with E-state index < -0.39 is 11.6 Å². The van der Waals surface area contributed by atoms with E-state index >= 15 is 0 Å². The molecule has 1 amide bonds. The van der Waals surface area contributed by atoms with E-state index in [0.29, 0.717) is 0 Å². The number of nitrogens with zero attached hydrogens (tertiary/aromatic N) is 4. The Bertz CT molecular complexity index is 834. The lowest BCUT2D eigenvalue weighted by atomic mass is 9.87. The first kappa shape index (κ1) is 16.8. The van der Waals surface area contributed by atoms with Crippen LogP contribution in [0.4, 0.5) is 20.3 Å². The molecule has 26 heavy (non-hydrogen) atoms. The van der Waals surface area contributed by atoms with Gasteiger partial charge in [0.2, 0.25) is 5.91 Å². The van der Waals surface area contributed by atoms with Crippen LogP contribution in [0.25, 0.3) is 0 Å². The van der Waals surface area contributed by atoms with Gasteiger partial charge in [-0.1, -0.05) is 0 Å². The SMILES string of the molecule is Cc1cc(N2CC3CC(C2)N3CC(=O)Nc2ccc(F)cc2F)ncn1. The minimum Gasteiger partial charge on any atom is -0.353 e. The summed E-state index contributed by atoms with van der Waals surface area (Å²) < 4.78 is 26.6. The van der Waals surface area contributed by atoms with Gasteiger partial charge in [0.05, 0.1) is 12.2 Å². The number of piperazine rings is 1. The van der Waals surface area contributed by atoms with Gasteiger partial charge in [-0.05, 0) is 25.5 Å². The largest absolute Gasteiger partial charge is 0.353 e. The summed E-state index contributed by atoms with van der Waals surface area (Å²) in [5, 5.41) is 2.52. The minimum absolute atomic E-state index is 0.000158. The van der Waals surface area contributed by atoms with Crippen molar-refractivity contribution in [3.05, 3.63) is 47.9 Å². The number of amides is 1. The number of aromatic nitrogens is 2. The highest BCUT2D eigenvalue weighted by molar-refractivity contribution is 5.92. The molecule has 3 aliphatic rings. The van der Waals surface area contributed by atoms with Crippen LogP contribution in [0.5, 0.6) is 0 Å². The van der Waals surface area contributed by atoms with E-state index in [2.05, 4.69) is 25.1 Å². The lowest BCUT2D eigenvalue weighted by Crippen LogP contribution is -2.69. The van der Waals surface area contributed by atoms with Gasteiger partial charge in [-0.25, -0.2) is 18.7 Å². The summed E-state index contributed by atoms with van der Waals surface area (Å²) in [6, 6.07) is 5.62. The number of carbonyl (C=O) groups excluding carboxylic acids is 1. The Hall–Kier alpha value is -2.61. The van der Waals surface area contributed by atoms with Crippen LogP contribution in [0.3, 0.4) is 0 Å². The first-order chi connectivity index (χ1) is 12.5. The van der Waals surface area contributed by atoms with Gasteiger partial charge in [-0.2, -0.15) is 0 Å². The number of rotatable bonds is 4. The third-order valence-electron chi connectivity index (χ3n) is 4.99. The van der Waals surface area contributed by atoms with E-state index in [9.17, 15) is 13.6 Å². The molecule has 2 unspecified atom stereocenters. The van der Waals surface area contributed by atoms with E-state index in [1.54, 1.807) is 6.33 Å². The maximum absolute atomic E-state index is 13.7. The van der Waals surface area contributed by atoms with Crippen LogP contribution in [0.2, 0.25) is 0 Å². The lowest BCUT2D eigenvalue weighted by Gasteiger charge is -2.56. The fraction of sp³-hybridized carbons (Fsp3) is 0.389. The number of anilines is 2. The molecule has 1 aromatic carbocycles. The number of fused-ring (bicyclic) bond motifs is 2. The van der Waals surface area contributed by atoms with Crippen molar-refractivity contribution in [3.8, 4) is 0 Å². The summed E-state index contributed by atoms with van der Waals surface area (Å²) in [4.78, 5) is 25.0. The summed E-state index contributed by atoms with van der Waals surface area (Å²) in [6.45, 7) is 3.72. The normalized spacial score (nSPS) is 22.0. The number of carbonyl (C=O) groups is 1. The average Bonchev–Trinajstić information content (AvgIpc) is 2.62. The van der Waals surface area contributed by atoms with Gasteiger partial charge in [0.15, 0.2) is 0 Å². The molecule has 2 atom stereocenters. The van der Waals surface area contributed by atoms with Crippen molar-refractivity contribution >= 4 is 17.4 Å². The molecule has 0 spiro atoms. The Balaban J connectivity index is 1.35. The molecule has 1 N–H and O–H groups in total. The zero-order chi connectivity index (χ0) is 18.3. The molecule has 2 aromatic rings. The van der Waals surface area contributed by atoms with Crippen molar-refractivity contribution in [2.75, 3.05) is 29.9 Å². The number of piperidine rings is 1.